The van der Waals surface area contributed by atoms with Gasteiger partial charge in [-0.1, -0.05) is 0 Å². The number of hydrogen-bond donors (Lipinski definition) is 2. The van der Waals surface area contributed by atoms with Gasteiger partial charge in [0.05, 0.1) is 13.2 Å². The molecule has 1 aliphatic rings. The van der Waals surface area contributed by atoms with Gasteiger partial charge in [-0.3, -0.25) is 4.57 Å². The van der Waals surface area contributed by atoms with Gasteiger partial charge in [-0.25, -0.2) is 4.79 Å². The van der Waals surface area contributed by atoms with E-state index in [1.807, 2.05) is 0 Å². The van der Waals surface area contributed by atoms with Crippen molar-refractivity contribution in [2.45, 2.75) is 12.5 Å². The Morgan fingerprint density at radius 1 is 1.73 bits per heavy atom. The highest BCUT2D eigenvalue weighted by Crippen LogP contribution is 2.18. The molecule has 0 aromatic carbocycles. The van der Waals surface area contributed by atoms with Gasteiger partial charge >= 0.3 is 5.69 Å². The molecule has 0 spiro atoms. The van der Waals surface area contributed by atoms with Gasteiger partial charge in [-0.15, -0.1) is 0 Å². The third-order valence-electron chi connectivity index (χ3n) is 2.04. The van der Waals surface area contributed by atoms with Gasteiger partial charge in [-0.05, 0) is 6.07 Å². The van der Waals surface area contributed by atoms with E-state index in [0.29, 0.717) is 0 Å². The first-order valence-corrected chi connectivity index (χ1v) is 4.43. The van der Waals surface area contributed by atoms with E-state index >= 15 is 0 Å². The molecule has 7 heteroatoms. The molecule has 0 radical (unpaired) electrons. The van der Waals surface area contributed by atoms with Crippen LogP contribution in [0.5, 0.6) is 0 Å². The summed E-state index contributed by atoms with van der Waals surface area (Å²) in [7, 11) is 0. The van der Waals surface area contributed by atoms with E-state index in [-0.39, 0.29) is 19.0 Å². The first-order chi connectivity index (χ1) is 7.20. The standard InChI is InChI=1S/C8H11N3O4/c9-5-1-2-11(8(13)10-5)6-4-14-7(3-12)15-6/h1-2,6-7,12H,3-4H2,(H2,9,10,13)/t6-,7+/m1/s1. The van der Waals surface area contributed by atoms with Crippen LogP contribution in [-0.4, -0.2) is 34.2 Å². The molecule has 1 fully saturated rings. The molecule has 7 nitrogen and oxygen atoms in total. The summed E-state index contributed by atoms with van der Waals surface area (Å²) < 4.78 is 11.6. The summed E-state index contributed by atoms with van der Waals surface area (Å²) in [4.78, 5) is 15.0. The van der Waals surface area contributed by atoms with Gasteiger partial charge in [0.15, 0.2) is 12.5 Å². The molecule has 0 amide bonds. The minimum Gasteiger partial charge on any atom is -0.391 e. The van der Waals surface area contributed by atoms with E-state index < -0.39 is 18.2 Å². The van der Waals surface area contributed by atoms with E-state index in [2.05, 4.69) is 4.98 Å². The maximum Gasteiger partial charge on any atom is 0.351 e. The third-order valence-corrected chi connectivity index (χ3v) is 2.04. The molecule has 0 bridgehead atoms. The van der Waals surface area contributed by atoms with Crippen molar-refractivity contribution in [3.63, 3.8) is 0 Å². The lowest BCUT2D eigenvalue weighted by molar-refractivity contribution is -0.0992. The van der Waals surface area contributed by atoms with Crippen molar-refractivity contribution < 1.29 is 14.6 Å². The lowest BCUT2D eigenvalue weighted by atomic mass is 10.5. The van der Waals surface area contributed by atoms with Crippen molar-refractivity contribution >= 4 is 5.82 Å². The summed E-state index contributed by atoms with van der Waals surface area (Å²) in [6, 6.07) is 1.50. The predicted octanol–water partition coefficient (Wildman–Crippen LogP) is -1.31. The van der Waals surface area contributed by atoms with Gasteiger partial charge in [0, 0.05) is 6.20 Å². The number of nitrogens with two attached hydrogens (primary N) is 1. The van der Waals surface area contributed by atoms with Crippen molar-refractivity contribution in [3.8, 4) is 0 Å². The lowest BCUT2D eigenvalue weighted by Crippen LogP contribution is -2.28. The molecule has 2 heterocycles. The molecule has 82 valence electrons. The number of aliphatic hydroxyl groups is 1. The largest absolute Gasteiger partial charge is 0.391 e. The molecule has 1 aromatic heterocycles. The monoisotopic (exact) mass is 213 g/mol. The van der Waals surface area contributed by atoms with Crippen LogP contribution in [0.2, 0.25) is 0 Å². The highest BCUT2D eigenvalue weighted by molar-refractivity contribution is 5.23. The second-order valence-electron chi connectivity index (χ2n) is 3.08. The molecule has 2 rings (SSSR count). The van der Waals surface area contributed by atoms with Crippen molar-refractivity contribution in [2.75, 3.05) is 18.9 Å². The topological polar surface area (TPSA) is 99.6 Å². The maximum absolute atomic E-state index is 11.4. The Kier molecular flexibility index (Phi) is 2.67. The first kappa shape index (κ1) is 10.1. The molecule has 3 N–H and O–H groups in total. The molecule has 1 aliphatic heterocycles. The number of nitrogen functional groups attached to an aromatic ring is 1. The minimum atomic E-state index is -0.681. The average Bonchev–Trinajstić information content (AvgIpc) is 2.66. The van der Waals surface area contributed by atoms with Gasteiger partial charge < -0.3 is 20.3 Å². The van der Waals surface area contributed by atoms with Gasteiger partial charge in [0.2, 0.25) is 0 Å². The Morgan fingerprint density at radius 3 is 3.13 bits per heavy atom. The van der Waals surface area contributed by atoms with Crippen LogP contribution in [0, 0.1) is 0 Å². The van der Waals surface area contributed by atoms with E-state index in [0.717, 1.165) is 0 Å². The lowest BCUT2D eigenvalue weighted by Gasteiger charge is -2.11. The fourth-order valence-corrected chi connectivity index (χ4v) is 1.33. The maximum atomic E-state index is 11.4. The summed E-state index contributed by atoms with van der Waals surface area (Å²) in [5.74, 6) is 0.161. The Balaban J connectivity index is 2.20. The quantitative estimate of drug-likeness (QED) is 0.632. The number of hydrogen-bond acceptors (Lipinski definition) is 6. The van der Waals surface area contributed by atoms with E-state index in [4.69, 9.17) is 20.3 Å². The van der Waals surface area contributed by atoms with E-state index in [1.54, 1.807) is 0 Å². The summed E-state index contributed by atoms with van der Waals surface area (Å²) in [5, 5.41) is 8.77. The molecule has 1 saturated heterocycles. The number of aromatic nitrogens is 2. The fraction of sp³-hybridized carbons (Fsp3) is 0.500. The molecule has 15 heavy (non-hydrogen) atoms. The fourth-order valence-electron chi connectivity index (χ4n) is 1.33. The van der Waals surface area contributed by atoms with Crippen molar-refractivity contribution in [1.29, 1.82) is 0 Å². The van der Waals surface area contributed by atoms with Crippen LogP contribution in [0.3, 0.4) is 0 Å². The van der Waals surface area contributed by atoms with Crippen molar-refractivity contribution in [2.24, 2.45) is 0 Å². The Hall–Kier alpha value is -1.44. The van der Waals surface area contributed by atoms with Gasteiger partial charge in [0.1, 0.15) is 5.82 Å². The highest BCUT2D eigenvalue weighted by Gasteiger charge is 2.27. The minimum absolute atomic E-state index is 0.161. The third kappa shape index (κ3) is 1.99. The second-order valence-corrected chi connectivity index (χ2v) is 3.08. The van der Waals surface area contributed by atoms with Crippen LogP contribution < -0.4 is 11.4 Å². The summed E-state index contributed by atoms with van der Waals surface area (Å²) in [6.45, 7) is -0.0373. The van der Waals surface area contributed by atoms with Crippen LogP contribution in [-0.2, 0) is 9.47 Å². The average molecular weight is 213 g/mol. The Morgan fingerprint density at radius 2 is 2.53 bits per heavy atom. The van der Waals surface area contributed by atoms with Gasteiger partial charge in [-0.2, -0.15) is 4.98 Å². The second kappa shape index (κ2) is 3.97. The number of aliphatic hydroxyl groups excluding tert-OH is 1. The van der Waals surface area contributed by atoms with E-state index in [1.165, 1.54) is 16.8 Å². The van der Waals surface area contributed by atoms with Gasteiger partial charge in [0.25, 0.3) is 0 Å². The Bertz CT molecular complexity index is 405. The molecule has 0 aliphatic carbocycles. The predicted molar refractivity (Wildman–Crippen MR) is 49.9 cm³/mol. The molecular weight excluding hydrogens is 202 g/mol. The van der Waals surface area contributed by atoms with Crippen LogP contribution in [0.4, 0.5) is 5.82 Å². The number of rotatable bonds is 2. The van der Waals surface area contributed by atoms with Crippen LogP contribution in [0.1, 0.15) is 6.23 Å². The van der Waals surface area contributed by atoms with Crippen LogP contribution in [0.25, 0.3) is 0 Å². The van der Waals surface area contributed by atoms with Crippen LogP contribution >= 0.6 is 0 Å². The first-order valence-electron chi connectivity index (χ1n) is 4.43. The van der Waals surface area contributed by atoms with Crippen LogP contribution in [0.15, 0.2) is 17.1 Å². The summed E-state index contributed by atoms with van der Waals surface area (Å²) in [5.41, 5.74) is 4.85. The molecule has 0 unspecified atom stereocenters. The SMILES string of the molecule is Nc1ccn([C@H]2CO[C@H](CO)O2)c(=O)n1. The normalized spacial score (nSPS) is 25.7. The van der Waals surface area contributed by atoms with E-state index in [9.17, 15) is 4.79 Å². The Labute approximate surface area is 85.1 Å². The van der Waals surface area contributed by atoms with Crippen molar-refractivity contribution in [3.05, 3.63) is 22.7 Å². The highest BCUT2D eigenvalue weighted by atomic mass is 16.7. The number of ether oxygens (including phenoxy) is 2. The zero-order chi connectivity index (χ0) is 10.8. The zero-order valence-electron chi connectivity index (χ0n) is 7.87. The number of nitrogens with zero attached hydrogens (tertiary/aromatic N) is 2. The van der Waals surface area contributed by atoms with Crippen molar-refractivity contribution in [1.82, 2.24) is 9.55 Å². The molecular formula is C8H11N3O4. The zero-order valence-corrected chi connectivity index (χ0v) is 7.87. The smallest absolute Gasteiger partial charge is 0.351 e. The molecule has 2 atom stereocenters. The molecule has 1 aromatic rings. The molecule has 0 saturated carbocycles. The number of anilines is 1. The summed E-state index contributed by atoms with van der Waals surface area (Å²) >= 11 is 0. The summed E-state index contributed by atoms with van der Waals surface area (Å²) in [6.07, 6.45) is 0.250.